The van der Waals surface area contributed by atoms with Crippen LogP contribution in [0.5, 0.6) is 0 Å². The minimum Gasteiger partial charge on any atom is -0.479 e. The van der Waals surface area contributed by atoms with Gasteiger partial charge in [0.15, 0.2) is 6.10 Å². The second kappa shape index (κ2) is 4.66. The van der Waals surface area contributed by atoms with Gasteiger partial charge in [-0.05, 0) is 31.9 Å². The van der Waals surface area contributed by atoms with Gasteiger partial charge < -0.3 is 14.4 Å². The summed E-state index contributed by atoms with van der Waals surface area (Å²) in [6.07, 6.45) is 0.673. The van der Waals surface area contributed by atoms with Crippen LogP contribution in [0.25, 0.3) is 11.0 Å². The minimum atomic E-state index is -0.866. The van der Waals surface area contributed by atoms with Crippen molar-refractivity contribution in [2.75, 3.05) is 0 Å². The van der Waals surface area contributed by atoms with Crippen molar-refractivity contribution in [3.63, 3.8) is 0 Å². The van der Waals surface area contributed by atoms with Crippen molar-refractivity contribution in [2.24, 2.45) is 0 Å². The van der Waals surface area contributed by atoms with Crippen LogP contribution in [0.3, 0.4) is 0 Å². The number of benzene rings is 1. The number of ether oxygens (including phenoxy) is 1. The molecule has 0 saturated carbocycles. The summed E-state index contributed by atoms with van der Waals surface area (Å²) in [5.74, 6) is 0.0679. The maximum absolute atomic E-state index is 10.9. The van der Waals surface area contributed by atoms with E-state index in [0.717, 1.165) is 23.3 Å². The molecule has 0 amide bonds. The molecule has 1 saturated heterocycles. The van der Waals surface area contributed by atoms with E-state index in [1.807, 2.05) is 31.2 Å². The van der Waals surface area contributed by atoms with Crippen LogP contribution in [0.15, 0.2) is 24.3 Å². The maximum atomic E-state index is 10.9. The Kier molecular flexibility index (Phi) is 2.98. The zero-order valence-electron chi connectivity index (χ0n) is 10.7. The fraction of sp³-hybridized carbons (Fsp3) is 0.429. The number of rotatable bonds is 3. The Bertz CT molecular complexity index is 620. The third-order valence-electron chi connectivity index (χ3n) is 3.61. The molecule has 0 bridgehead atoms. The number of aromatic nitrogens is 2. The van der Waals surface area contributed by atoms with Crippen molar-refractivity contribution < 1.29 is 14.6 Å². The molecule has 2 aromatic rings. The third-order valence-corrected chi connectivity index (χ3v) is 3.61. The quantitative estimate of drug-likeness (QED) is 0.916. The van der Waals surface area contributed by atoms with Crippen LogP contribution in [0, 0.1) is 6.92 Å². The van der Waals surface area contributed by atoms with E-state index in [-0.39, 0.29) is 6.10 Å². The molecule has 19 heavy (non-hydrogen) atoms. The van der Waals surface area contributed by atoms with Crippen LogP contribution in [0.4, 0.5) is 0 Å². The van der Waals surface area contributed by atoms with Crippen molar-refractivity contribution in [1.29, 1.82) is 0 Å². The minimum absolute atomic E-state index is 0.0441. The molecule has 1 aliphatic rings. The Labute approximate surface area is 110 Å². The van der Waals surface area contributed by atoms with Crippen molar-refractivity contribution >= 4 is 17.0 Å². The summed E-state index contributed by atoms with van der Waals surface area (Å²) in [5.41, 5.74) is 2.04. The van der Waals surface area contributed by atoms with Gasteiger partial charge in [-0.3, -0.25) is 0 Å². The van der Waals surface area contributed by atoms with Gasteiger partial charge in [-0.15, -0.1) is 0 Å². The van der Waals surface area contributed by atoms with Gasteiger partial charge in [0.2, 0.25) is 0 Å². The van der Waals surface area contributed by atoms with Crippen molar-refractivity contribution in [2.45, 2.75) is 38.5 Å². The standard InChI is InChI=1S/C14H16N2O3/c1-9-15-11-4-2-3-5-12(11)16(9)8-10-6-7-13(19-10)14(17)18/h2-5,10,13H,6-8H2,1H3,(H,17,18). The van der Waals surface area contributed by atoms with Crippen LogP contribution in [-0.4, -0.2) is 32.8 Å². The lowest BCUT2D eigenvalue weighted by Gasteiger charge is -2.14. The molecule has 3 rings (SSSR count). The molecule has 1 aromatic carbocycles. The van der Waals surface area contributed by atoms with Crippen LogP contribution in [0.1, 0.15) is 18.7 Å². The van der Waals surface area contributed by atoms with Crippen LogP contribution in [-0.2, 0) is 16.1 Å². The average Bonchev–Trinajstić information content (AvgIpc) is 2.96. The molecule has 5 nitrogen and oxygen atoms in total. The van der Waals surface area contributed by atoms with Crippen LogP contribution >= 0.6 is 0 Å². The number of imidazole rings is 1. The first-order chi connectivity index (χ1) is 9.15. The van der Waals surface area contributed by atoms with E-state index in [4.69, 9.17) is 9.84 Å². The fourth-order valence-electron chi connectivity index (χ4n) is 2.65. The topological polar surface area (TPSA) is 64.4 Å². The first-order valence-electron chi connectivity index (χ1n) is 6.45. The van der Waals surface area contributed by atoms with E-state index in [1.54, 1.807) is 0 Å². The largest absolute Gasteiger partial charge is 0.479 e. The van der Waals surface area contributed by atoms with Gasteiger partial charge in [-0.25, -0.2) is 9.78 Å². The molecule has 100 valence electrons. The second-order valence-corrected chi connectivity index (χ2v) is 4.92. The molecule has 1 aromatic heterocycles. The third kappa shape index (κ3) is 2.21. The smallest absolute Gasteiger partial charge is 0.332 e. The number of fused-ring (bicyclic) bond motifs is 1. The molecule has 1 fully saturated rings. The first-order valence-corrected chi connectivity index (χ1v) is 6.45. The number of aliphatic carboxylic acids is 1. The first kappa shape index (κ1) is 12.2. The lowest BCUT2D eigenvalue weighted by atomic mass is 10.2. The van der Waals surface area contributed by atoms with E-state index in [0.29, 0.717) is 13.0 Å². The van der Waals surface area contributed by atoms with Crippen molar-refractivity contribution in [3.05, 3.63) is 30.1 Å². The summed E-state index contributed by atoms with van der Waals surface area (Å²) in [6.45, 7) is 2.62. The highest BCUT2D eigenvalue weighted by Gasteiger charge is 2.31. The fourth-order valence-corrected chi connectivity index (χ4v) is 2.65. The normalized spacial score (nSPS) is 23.0. The van der Waals surface area contributed by atoms with E-state index in [1.165, 1.54) is 0 Å². The Morgan fingerprint density at radius 2 is 2.26 bits per heavy atom. The summed E-state index contributed by atoms with van der Waals surface area (Å²) in [5, 5.41) is 8.94. The molecule has 0 aliphatic carbocycles. The predicted octanol–water partition coefficient (Wildman–Crippen LogP) is 1.98. The molecule has 2 unspecified atom stereocenters. The number of hydrogen-bond donors (Lipinski definition) is 1. The van der Waals surface area contributed by atoms with Crippen LogP contribution in [0.2, 0.25) is 0 Å². The summed E-state index contributed by atoms with van der Waals surface area (Å²) >= 11 is 0. The Hall–Kier alpha value is -1.88. The summed E-state index contributed by atoms with van der Waals surface area (Å²) in [6, 6.07) is 7.95. The maximum Gasteiger partial charge on any atom is 0.332 e. The predicted molar refractivity (Wildman–Crippen MR) is 70.0 cm³/mol. The highest BCUT2D eigenvalue weighted by molar-refractivity contribution is 5.76. The van der Waals surface area contributed by atoms with Gasteiger partial charge in [-0.2, -0.15) is 0 Å². The number of hydrogen-bond acceptors (Lipinski definition) is 3. The molecule has 2 atom stereocenters. The molecule has 0 spiro atoms. The number of carbonyl (C=O) groups is 1. The molecule has 0 radical (unpaired) electrons. The summed E-state index contributed by atoms with van der Waals surface area (Å²) < 4.78 is 7.65. The van der Waals surface area contributed by atoms with Crippen molar-refractivity contribution in [3.8, 4) is 0 Å². The monoisotopic (exact) mass is 260 g/mol. The van der Waals surface area contributed by atoms with E-state index >= 15 is 0 Å². The zero-order chi connectivity index (χ0) is 13.4. The highest BCUT2D eigenvalue weighted by atomic mass is 16.5. The lowest BCUT2D eigenvalue weighted by Crippen LogP contribution is -2.23. The highest BCUT2D eigenvalue weighted by Crippen LogP contribution is 2.24. The number of para-hydroxylation sites is 2. The number of nitrogens with zero attached hydrogens (tertiary/aromatic N) is 2. The molecule has 1 N–H and O–H groups in total. The molecular weight excluding hydrogens is 244 g/mol. The Balaban J connectivity index is 1.82. The van der Waals surface area contributed by atoms with Gasteiger partial charge in [0.05, 0.1) is 23.7 Å². The Morgan fingerprint density at radius 3 is 3.00 bits per heavy atom. The summed E-state index contributed by atoms with van der Waals surface area (Å²) in [4.78, 5) is 15.4. The number of aryl methyl sites for hydroxylation is 1. The van der Waals surface area contributed by atoms with Gasteiger partial charge >= 0.3 is 5.97 Å². The SMILES string of the molecule is Cc1nc2ccccc2n1CC1CCC(C(=O)O)O1. The van der Waals surface area contributed by atoms with Gasteiger partial charge in [-0.1, -0.05) is 12.1 Å². The van der Waals surface area contributed by atoms with Crippen molar-refractivity contribution in [1.82, 2.24) is 9.55 Å². The number of carboxylic acid groups (broad SMARTS) is 1. The van der Waals surface area contributed by atoms with Crippen LogP contribution < -0.4 is 0 Å². The van der Waals surface area contributed by atoms with Gasteiger partial charge in [0.25, 0.3) is 0 Å². The summed E-state index contributed by atoms with van der Waals surface area (Å²) in [7, 11) is 0. The van der Waals surface area contributed by atoms with E-state index in [2.05, 4.69) is 9.55 Å². The Morgan fingerprint density at radius 1 is 1.47 bits per heavy atom. The molecule has 5 heteroatoms. The second-order valence-electron chi connectivity index (χ2n) is 4.92. The zero-order valence-corrected chi connectivity index (χ0v) is 10.7. The molecule has 2 heterocycles. The average molecular weight is 260 g/mol. The molecular formula is C14H16N2O3. The number of carboxylic acids is 1. The van der Waals surface area contributed by atoms with E-state index in [9.17, 15) is 4.79 Å². The lowest BCUT2D eigenvalue weighted by molar-refractivity contribution is -0.149. The van der Waals surface area contributed by atoms with Gasteiger partial charge in [0.1, 0.15) is 5.82 Å². The van der Waals surface area contributed by atoms with E-state index < -0.39 is 12.1 Å². The molecule has 1 aliphatic heterocycles. The van der Waals surface area contributed by atoms with Gasteiger partial charge in [0, 0.05) is 0 Å².